The van der Waals surface area contributed by atoms with E-state index in [0.717, 1.165) is 0 Å². The predicted molar refractivity (Wildman–Crippen MR) is 168 cm³/mol. The Kier molecular flexibility index (Phi) is 10.5. The Morgan fingerprint density at radius 1 is 0.809 bits per heavy atom. The minimum absolute atomic E-state index is 0.0248. The van der Waals surface area contributed by atoms with Gasteiger partial charge in [-0.15, -0.1) is 0 Å². The molecule has 0 spiro atoms. The molecular weight excluding hydrogens is 619 g/mol. The molecule has 1 aromatic heterocycles. The molecule has 2 aromatic rings. The number of piperidine rings is 1. The number of benzene rings is 1. The first kappa shape index (κ1) is 37.0. The Morgan fingerprint density at radius 2 is 1.32 bits per heavy atom. The number of amides is 3. The number of imide groups is 1. The summed E-state index contributed by atoms with van der Waals surface area (Å²) in [6, 6.07) is 1.30. The van der Waals surface area contributed by atoms with Gasteiger partial charge in [-0.2, -0.15) is 4.90 Å². The average Bonchev–Trinajstić information content (AvgIpc) is 2.94. The van der Waals surface area contributed by atoms with Gasteiger partial charge >= 0.3 is 24.2 Å². The summed E-state index contributed by atoms with van der Waals surface area (Å²) in [7, 11) is 3.68. The molecule has 0 atom stereocenters. The lowest BCUT2D eigenvalue weighted by Gasteiger charge is -2.39. The molecule has 47 heavy (non-hydrogen) atoms. The van der Waals surface area contributed by atoms with Crippen LogP contribution in [0.5, 0.6) is 11.5 Å². The molecule has 14 nitrogen and oxygen atoms in total. The molecule has 1 aliphatic heterocycles. The van der Waals surface area contributed by atoms with E-state index in [1.165, 1.54) is 32.3 Å². The van der Waals surface area contributed by atoms with Crippen molar-refractivity contribution in [1.29, 1.82) is 0 Å². The number of fused-ring (bicyclic) bond motifs is 1. The Bertz CT molecular complexity index is 1510. The largest absolute Gasteiger partial charge is 0.493 e. The van der Waals surface area contributed by atoms with Crippen LogP contribution >= 0.6 is 0 Å². The van der Waals surface area contributed by atoms with Crippen molar-refractivity contribution in [2.24, 2.45) is 0 Å². The average molecular weight is 665 g/mol. The minimum atomic E-state index is -1.64. The van der Waals surface area contributed by atoms with Gasteiger partial charge in [0.25, 0.3) is 0 Å². The third-order valence-corrected chi connectivity index (χ3v) is 6.89. The second kappa shape index (κ2) is 13.4. The molecule has 260 valence electrons. The van der Waals surface area contributed by atoms with Crippen LogP contribution in [-0.2, 0) is 29.2 Å². The van der Waals surface area contributed by atoms with Gasteiger partial charge < -0.3 is 33.3 Å². The van der Waals surface area contributed by atoms with Gasteiger partial charge in [0.15, 0.2) is 23.1 Å². The quantitative estimate of drug-likeness (QED) is 0.276. The highest BCUT2D eigenvalue weighted by Crippen LogP contribution is 2.42. The minimum Gasteiger partial charge on any atom is -0.493 e. The van der Waals surface area contributed by atoms with E-state index in [1.807, 2.05) is 0 Å². The van der Waals surface area contributed by atoms with Crippen LogP contribution in [-0.4, -0.2) is 90.3 Å². The zero-order valence-electron chi connectivity index (χ0n) is 29.2. The maximum atomic E-state index is 16.3. The number of hydrogen-bond acceptors (Lipinski definition) is 12. The fraction of sp³-hybridized carbons (Fsp3) is 0.625. The van der Waals surface area contributed by atoms with E-state index in [-0.39, 0.29) is 48.6 Å². The molecule has 0 radical (unpaired) electrons. The standard InChI is InChI=1S/C32H45FN4O10/c1-29(2,3)45-26(39)36-15-13-32(14-16-36,25(38)44-12)24-34-21-18(17-19(42-10)22(43-11)20(21)33)23(35-24)37(27(40)46-30(4,5)6)28(41)47-31(7,8)9/h17H,13-16H2,1-12H3. The molecule has 1 aliphatic rings. The van der Waals surface area contributed by atoms with Crippen LogP contribution < -0.4 is 14.4 Å². The fourth-order valence-electron chi connectivity index (χ4n) is 4.87. The first-order valence-corrected chi connectivity index (χ1v) is 15.0. The first-order chi connectivity index (χ1) is 21.6. The molecule has 0 aliphatic carbocycles. The van der Waals surface area contributed by atoms with E-state index in [2.05, 4.69) is 9.97 Å². The lowest BCUT2D eigenvalue weighted by molar-refractivity contribution is -0.150. The maximum absolute atomic E-state index is 16.3. The molecule has 15 heteroatoms. The van der Waals surface area contributed by atoms with Gasteiger partial charge in [-0.05, 0) is 81.2 Å². The summed E-state index contributed by atoms with van der Waals surface area (Å²) in [6.07, 6.45) is -3.06. The van der Waals surface area contributed by atoms with E-state index in [9.17, 15) is 19.2 Å². The second-order valence-electron chi connectivity index (χ2n) is 14.0. The third kappa shape index (κ3) is 8.30. The smallest absolute Gasteiger partial charge is 0.425 e. The number of methoxy groups -OCH3 is 3. The van der Waals surface area contributed by atoms with Crippen molar-refractivity contribution in [3.63, 3.8) is 0 Å². The lowest BCUT2D eigenvalue weighted by Crippen LogP contribution is -2.51. The molecule has 0 bridgehead atoms. The molecule has 3 amide bonds. The number of anilines is 1. The number of likely N-dealkylation sites (tertiary alicyclic amines) is 1. The van der Waals surface area contributed by atoms with Crippen LogP contribution in [0.4, 0.5) is 24.6 Å². The molecule has 0 saturated carbocycles. The zero-order chi connectivity index (χ0) is 35.7. The molecule has 0 unspecified atom stereocenters. The molecular formula is C32H45FN4O10. The number of hydrogen-bond donors (Lipinski definition) is 0. The number of ether oxygens (including phenoxy) is 6. The Labute approximate surface area is 273 Å². The molecule has 1 fully saturated rings. The summed E-state index contributed by atoms with van der Waals surface area (Å²) in [6.45, 7) is 14.8. The number of halogens is 1. The normalized spacial score (nSPS) is 15.0. The van der Waals surface area contributed by atoms with Gasteiger partial charge in [0.2, 0.25) is 0 Å². The number of esters is 1. The first-order valence-electron chi connectivity index (χ1n) is 15.0. The number of nitrogens with zero attached hydrogens (tertiary/aromatic N) is 4. The molecule has 3 rings (SSSR count). The van der Waals surface area contributed by atoms with E-state index < -0.39 is 63.6 Å². The summed E-state index contributed by atoms with van der Waals surface area (Å²) < 4.78 is 48.6. The van der Waals surface area contributed by atoms with Crippen molar-refractivity contribution >= 4 is 41.0 Å². The van der Waals surface area contributed by atoms with Gasteiger partial charge in [0, 0.05) is 13.1 Å². The highest BCUT2D eigenvalue weighted by Gasteiger charge is 2.49. The van der Waals surface area contributed by atoms with Crippen LogP contribution in [0, 0.1) is 5.82 Å². The van der Waals surface area contributed by atoms with Crippen LogP contribution in [0.15, 0.2) is 6.07 Å². The number of carbonyl (C=O) groups excluding carboxylic acids is 4. The summed E-state index contributed by atoms with van der Waals surface area (Å²) in [4.78, 5) is 64.9. The Morgan fingerprint density at radius 3 is 1.74 bits per heavy atom. The van der Waals surface area contributed by atoms with Gasteiger partial charge in [-0.1, -0.05) is 0 Å². The Balaban J connectivity index is 2.37. The van der Waals surface area contributed by atoms with Crippen molar-refractivity contribution in [2.75, 3.05) is 39.3 Å². The fourth-order valence-corrected chi connectivity index (χ4v) is 4.87. The van der Waals surface area contributed by atoms with Crippen molar-refractivity contribution < 1.29 is 52.0 Å². The summed E-state index contributed by atoms with van der Waals surface area (Å²) in [5.41, 5.74) is -4.93. The predicted octanol–water partition coefficient (Wildman–Crippen LogP) is 5.90. The molecule has 0 N–H and O–H groups in total. The van der Waals surface area contributed by atoms with Crippen molar-refractivity contribution in [3.8, 4) is 11.5 Å². The van der Waals surface area contributed by atoms with Gasteiger partial charge in [0.1, 0.15) is 33.6 Å². The van der Waals surface area contributed by atoms with Gasteiger partial charge in [-0.25, -0.2) is 28.7 Å². The van der Waals surface area contributed by atoms with Crippen molar-refractivity contribution in [1.82, 2.24) is 14.9 Å². The van der Waals surface area contributed by atoms with Crippen molar-refractivity contribution in [2.45, 2.75) is 97.4 Å². The topological polar surface area (TPSA) is 156 Å². The third-order valence-electron chi connectivity index (χ3n) is 6.89. The summed E-state index contributed by atoms with van der Waals surface area (Å²) >= 11 is 0. The van der Waals surface area contributed by atoms with Crippen LogP contribution in [0.2, 0.25) is 0 Å². The van der Waals surface area contributed by atoms with E-state index in [0.29, 0.717) is 4.90 Å². The van der Waals surface area contributed by atoms with Crippen LogP contribution in [0.3, 0.4) is 0 Å². The SMILES string of the molecule is COC(=O)C1(c2nc(N(C(=O)OC(C)(C)C)C(=O)OC(C)(C)C)c3cc(OC)c(OC)c(F)c3n2)CCN(C(=O)OC(C)(C)C)CC1. The lowest BCUT2D eigenvalue weighted by atomic mass is 9.77. The van der Waals surface area contributed by atoms with Gasteiger partial charge in [0.05, 0.1) is 26.7 Å². The van der Waals surface area contributed by atoms with Crippen LogP contribution in [0.25, 0.3) is 10.9 Å². The van der Waals surface area contributed by atoms with E-state index in [1.54, 1.807) is 62.3 Å². The van der Waals surface area contributed by atoms with Crippen LogP contribution in [0.1, 0.15) is 81.0 Å². The summed E-state index contributed by atoms with van der Waals surface area (Å²) in [5, 5.41) is -0.146. The second-order valence-corrected chi connectivity index (χ2v) is 14.0. The maximum Gasteiger partial charge on any atom is 0.425 e. The number of aromatic nitrogens is 2. The number of carbonyl (C=O) groups is 4. The van der Waals surface area contributed by atoms with Gasteiger partial charge in [-0.3, -0.25) is 4.79 Å². The summed E-state index contributed by atoms with van der Waals surface area (Å²) in [5.74, 6) is -2.88. The van der Waals surface area contributed by atoms with E-state index in [4.69, 9.17) is 28.4 Å². The highest BCUT2D eigenvalue weighted by molar-refractivity contribution is 6.14. The zero-order valence-corrected chi connectivity index (χ0v) is 29.2. The molecule has 2 heterocycles. The molecule has 1 aromatic carbocycles. The number of rotatable bonds is 5. The highest BCUT2D eigenvalue weighted by atomic mass is 19.1. The van der Waals surface area contributed by atoms with E-state index >= 15 is 4.39 Å². The molecule has 1 saturated heterocycles. The van der Waals surface area contributed by atoms with Crippen molar-refractivity contribution in [3.05, 3.63) is 17.7 Å². The Hall–Kier alpha value is -4.43. The monoisotopic (exact) mass is 664 g/mol.